The second kappa shape index (κ2) is 5.50. The van der Waals surface area contributed by atoms with Crippen LogP contribution >= 0.6 is 11.7 Å². The third kappa shape index (κ3) is 3.83. The summed E-state index contributed by atoms with van der Waals surface area (Å²) in [7, 11) is 1.72. The van der Waals surface area contributed by atoms with E-state index in [2.05, 4.69) is 28.0 Å². The van der Waals surface area contributed by atoms with Gasteiger partial charge in [-0.1, -0.05) is 0 Å². The average Bonchev–Trinajstić information content (AvgIpc) is 2.72. The van der Waals surface area contributed by atoms with Crippen LogP contribution in [-0.4, -0.2) is 21.5 Å². The van der Waals surface area contributed by atoms with Crippen molar-refractivity contribution in [2.75, 3.05) is 7.11 Å². The van der Waals surface area contributed by atoms with Gasteiger partial charge in [0.05, 0.1) is 35.3 Å². The lowest BCUT2D eigenvalue weighted by atomic mass is 9.98. The van der Waals surface area contributed by atoms with Gasteiger partial charge in [-0.05, 0) is 26.7 Å². The molecule has 3 N–H and O–H groups in total. The van der Waals surface area contributed by atoms with Crippen LogP contribution in [0.2, 0.25) is 0 Å². The van der Waals surface area contributed by atoms with Gasteiger partial charge in [0, 0.05) is 7.11 Å². The van der Waals surface area contributed by atoms with E-state index in [1.165, 1.54) is 11.7 Å². The molecular weight excluding hydrogens is 212 g/mol. The number of rotatable bonds is 6. The van der Waals surface area contributed by atoms with Gasteiger partial charge >= 0.3 is 0 Å². The standard InChI is InChI=1S/C9H18N4OS/c1-9(2,14-3)5-4-7(12-10)8-6-11-15-13-8/h6-7,12H,4-5,10H2,1-3H3. The number of aromatic nitrogens is 2. The molecular formula is C9H18N4OS. The van der Waals surface area contributed by atoms with E-state index in [-0.39, 0.29) is 11.6 Å². The number of nitrogens with one attached hydrogen (secondary N) is 1. The van der Waals surface area contributed by atoms with Crippen molar-refractivity contribution in [2.45, 2.75) is 38.3 Å². The number of hydrogen-bond acceptors (Lipinski definition) is 6. The second-order valence-corrected chi connectivity index (χ2v) is 4.61. The van der Waals surface area contributed by atoms with E-state index in [1.54, 1.807) is 13.3 Å². The highest BCUT2D eigenvalue weighted by atomic mass is 32.1. The van der Waals surface area contributed by atoms with Crippen molar-refractivity contribution >= 4 is 11.7 Å². The zero-order valence-electron chi connectivity index (χ0n) is 9.36. The van der Waals surface area contributed by atoms with Gasteiger partial charge in [0.25, 0.3) is 0 Å². The molecule has 1 rings (SSSR count). The number of nitrogens with two attached hydrogens (primary N) is 1. The first-order valence-corrected chi connectivity index (χ1v) is 5.61. The molecule has 86 valence electrons. The van der Waals surface area contributed by atoms with E-state index in [0.29, 0.717) is 0 Å². The van der Waals surface area contributed by atoms with E-state index in [9.17, 15) is 0 Å². The molecule has 0 aliphatic rings. The fourth-order valence-electron chi connectivity index (χ4n) is 1.24. The molecule has 0 aliphatic heterocycles. The van der Waals surface area contributed by atoms with Crippen LogP contribution in [0.5, 0.6) is 0 Å². The van der Waals surface area contributed by atoms with Crippen LogP contribution in [0.25, 0.3) is 0 Å². The van der Waals surface area contributed by atoms with Crippen molar-refractivity contribution in [3.63, 3.8) is 0 Å². The first kappa shape index (κ1) is 12.5. The smallest absolute Gasteiger partial charge is 0.0925 e. The summed E-state index contributed by atoms with van der Waals surface area (Å²) in [4.78, 5) is 0. The van der Waals surface area contributed by atoms with E-state index in [4.69, 9.17) is 10.6 Å². The van der Waals surface area contributed by atoms with Gasteiger partial charge in [-0.15, -0.1) is 0 Å². The number of ether oxygens (including phenoxy) is 1. The predicted octanol–water partition coefficient (Wildman–Crippen LogP) is 1.25. The van der Waals surface area contributed by atoms with E-state index in [1.807, 2.05) is 0 Å². The average molecular weight is 230 g/mol. The maximum atomic E-state index is 5.48. The summed E-state index contributed by atoms with van der Waals surface area (Å²) in [6.45, 7) is 4.11. The zero-order valence-corrected chi connectivity index (χ0v) is 10.2. The highest BCUT2D eigenvalue weighted by Crippen LogP contribution is 2.22. The minimum atomic E-state index is -0.126. The van der Waals surface area contributed by atoms with E-state index >= 15 is 0 Å². The van der Waals surface area contributed by atoms with Crippen LogP contribution < -0.4 is 11.3 Å². The summed E-state index contributed by atoms with van der Waals surface area (Å²) in [6, 6.07) is 0.0539. The molecule has 0 aromatic carbocycles. The molecule has 15 heavy (non-hydrogen) atoms. The number of methoxy groups -OCH3 is 1. The van der Waals surface area contributed by atoms with Crippen LogP contribution in [0.1, 0.15) is 38.4 Å². The van der Waals surface area contributed by atoms with Crippen molar-refractivity contribution in [2.24, 2.45) is 5.84 Å². The van der Waals surface area contributed by atoms with Crippen molar-refractivity contribution in [3.05, 3.63) is 11.9 Å². The molecule has 0 aliphatic carbocycles. The van der Waals surface area contributed by atoms with E-state index < -0.39 is 0 Å². The third-order valence-electron chi connectivity index (χ3n) is 2.52. The normalized spacial score (nSPS) is 14.1. The molecule has 1 heterocycles. The summed E-state index contributed by atoms with van der Waals surface area (Å²) in [5.41, 5.74) is 3.52. The Balaban J connectivity index is 2.49. The number of nitrogens with zero attached hydrogens (tertiary/aromatic N) is 2. The topological polar surface area (TPSA) is 73.1 Å². The molecule has 0 saturated heterocycles. The van der Waals surface area contributed by atoms with Gasteiger partial charge in [-0.25, -0.2) is 0 Å². The molecule has 5 nitrogen and oxygen atoms in total. The molecule has 0 radical (unpaired) electrons. The minimum Gasteiger partial charge on any atom is -0.379 e. The summed E-state index contributed by atoms with van der Waals surface area (Å²) >= 11 is 1.20. The van der Waals surface area contributed by atoms with Crippen LogP contribution in [0.15, 0.2) is 6.20 Å². The predicted molar refractivity (Wildman–Crippen MR) is 60.3 cm³/mol. The molecule has 0 spiro atoms. The molecule has 1 aromatic heterocycles. The van der Waals surface area contributed by atoms with Gasteiger partial charge in [-0.3, -0.25) is 11.3 Å². The monoisotopic (exact) mass is 230 g/mol. The van der Waals surface area contributed by atoms with Gasteiger partial charge in [0.1, 0.15) is 0 Å². The van der Waals surface area contributed by atoms with Crippen molar-refractivity contribution in [3.8, 4) is 0 Å². The summed E-state index contributed by atoms with van der Waals surface area (Å²) < 4.78 is 13.5. The molecule has 1 unspecified atom stereocenters. The maximum absolute atomic E-state index is 5.48. The van der Waals surface area contributed by atoms with Crippen LogP contribution in [0.3, 0.4) is 0 Å². The fraction of sp³-hybridized carbons (Fsp3) is 0.778. The maximum Gasteiger partial charge on any atom is 0.0925 e. The van der Waals surface area contributed by atoms with Gasteiger partial charge in [0.2, 0.25) is 0 Å². The molecule has 0 amide bonds. The molecule has 0 saturated carbocycles. The Hall–Kier alpha value is -0.560. The highest BCUT2D eigenvalue weighted by Gasteiger charge is 2.20. The van der Waals surface area contributed by atoms with Crippen LogP contribution in [0, 0.1) is 0 Å². The number of hydrazine groups is 1. The lowest BCUT2D eigenvalue weighted by molar-refractivity contribution is 0.0116. The number of hydrogen-bond donors (Lipinski definition) is 2. The Labute approximate surface area is 94.3 Å². The lowest BCUT2D eigenvalue weighted by Gasteiger charge is -2.24. The molecule has 0 fully saturated rings. The highest BCUT2D eigenvalue weighted by molar-refractivity contribution is 6.99. The third-order valence-corrected chi connectivity index (χ3v) is 3.02. The largest absolute Gasteiger partial charge is 0.379 e. The quantitative estimate of drug-likeness (QED) is 0.568. The molecule has 0 bridgehead atoms. The Morgan fingerprint density at radius 2 is 2.40 bits per heavy atom. The Bertz CT molecular complexity index is 276. The summed E-state index contributed by atoms with van der Waals surface area (Å²) in [5.74, 6) is 5.48. The van der Waals surface area contributed by atoms with Crippen molar-refractivity contribution in [1.29, 1.82) is 0 Å². The van der Waals surface area contributed by atoms with Crippen LogP contribution in [0.4, 0.5) is 0 Å². The summed E-state index contributed by atoms with van der Waals surface area (Å²) in [5, 5.41) is 0. The molecule has 1 aromatic rings. The Kier molecular flexibility index (Phi) is 4.59. The Morgan fingerprint density at radius 3 is 2.87 bits per heavy atom. The van der Waals surface area contributed by atoms with Gasteiger partial charge < -0.3 is 4.74 Å². The first-order chi connectivity index (χ1) is 7.09. The molecule has 1 atom stereocenters. The lowest BCUT2D eigenvalue weighted by Crippen LogP contribution is -2.31. The van der Waals surface area contributed by atoms with Gasteiger partial charge in [-0.2, -0.15) is 8.75 Å². The summed E-state index contributed by atoms with van der Waals surface area (Å²) in [6.07, 6.45) is 3.54. The zero-order chi connectivity index (χ0) is 11.3. The van der Waals surface area contributed by atoms with E-state index in [0.717, 1.165) is 18.5 Å². The van der Waals surface area contributed by atoms with Crippen LogP contribution in [-0.2, 0) is 4.74 Å². The minimum absolute atomic E-state index is 0.0539. The fourth-order valence-corrected chi connectivity index (χ4v) is 1.71. The van der Waals surface area contributed by atoms with Crippen molar-refractivity contribution < 1.29 is 4.74 Å². The Morgan fingerprint density at radius 1 is 1.67 bits per heavy atom. The van der Waals surface area contributed by atoms with Gasteiger partial charge in [0.15, 0.2) is 0 Å². The second-order valence-electron chi connectivity index (χ2n) is 4.05. The van der Waals surface area contributed by atoms with Crippen molar-refractivity contribution in [1.82, 2.24) is 14.2 Å². The SMILES string of the molecule is COC(C)(C)CCC(NN)c1cnsn1. The molecule has 6 heteroatoms. The first-order valence-electron chi connectivity index (χ1n) is 4.88.